The van der Waals surface area contributed by atoms with Crippen LogP contribution >= 0.6 is 0 Å². The van der Waals surface area contributed by atoms with Gasteiger partial charge in [0.2, 0.25) is 0 Å². The summed E-state index contributed by atoms with van der Waals surface area (Å²) in [5.41, 5.74) is 0. The van der Waals surface area contributed by atoms with Crippen molar-refractivity contribution in [1.82, 2.24) is 0 Å². The Bertz CT molecular complexity index is 701. The van der Waals surface area contributed by atoms with E-state index in [1.165, 1.54) is 23.6 Å². The Morgan fingerprint density at radius 3 is 0.609 bits per heavy atom. The summed E-state index contributed by atoms with van der Waals surface area (Å²) in [7, 11) is 0. The minimum Gasteiger partial charge on any atom is -0.545 e. The normalized spacial score (nSPS) is 25.1. The largest absolute Gasteiger partial charge is 0.545 e. The van der Waals surface area contributed by atoms with Crippen LogP contribution in [-0.2, 0) is 9.59 Å². The zero-order chi connectivity index (χ0) is 32.4. The molecule has 0 spiro atoms. The molecule has 0 radical (unpaired) electrons. The zero-order valence-electron chi connectivity index (χ0n) is 29.5. The molecule has 260 valence electrons. The summed E-state index contributed by atoms with van der Waals surface area (Å²) in [5, 5.41) is 18.8. The van der Waals surface area contributed by atoms with E-state index in [2.05, 4.69) is 0 Å². The Labute approximate surface area is 297 Å². The fraction of sp³-hybridized carbons (Fsp3) is 0.900. The molecule has 0 unspecified atom stereocenters. The molecule has 0 aromatic heterocycles. The third-order valence-electron chi connectivity index (χ3n) is 12.8. The van der Waals surface area contributed by atoms with E-state index in [4.69, 9.17) is 0 Å². The number of carboxylic acids is 2. The third kappa shape index (κ3) is 13.9. The number of aliphatic carboxylic acids is 2. The number of carbonyl (C=O) groups excluding carboxylic acids is 2. The number of carboxylic acid groups (broad SMARTS) is 2. The molecular weight excluding hydrogens is 782 g/mol. The van der Waals surface area contributed by atoms with Crippen LogP contribution in [-0.4, -0.2) is 51.5 Å². The van der Waals surface area contributed by atoms with Crippen LogP contribution in [0.1, 0.15) is 193 Å². The van der Waals surface area contributed by atoms with Gasteiger partial charge in [-0.15, -0.1) is 0 Å². The minimum atomic E-state index is -1.55. The predicted molar refractivity (Wildman–Crippen MR) is 192 cm³/mol. The zero-order valence-corrected chi connectivity index (χ0v) is 35.2. The summed E-state index contributed by atoms with van der Waals surface area (Å²) < 4.78 is 7.93. The summed E-state index contributed by atoms with van der Waals surface area (Å²) in [6, 6.07) is 0. The van der Waals surface area contributed by atoms with Crippen LogP contribution in [0, 0.1) is 0 Å². The van der Waals surface area contributed by atoms with E-state index in [0.29, 0.717) is 12.2 Å². The maximum absolute atomic E-state index is 9.41. The standard InChI is InChI=1S/6C6H11.C4H4O4.2Sn/c6*1-2-4-6-5-3-1;5-3(6)1-2-4(7)8;;/h6*1H,2-6H2;1-2H,(H,5,6)(H,7,8);;/q;;;;;;;2*+1/p-2/b;;;;;;2-1+;;. The molecule has 6 aliphatic carbocycles. The Hall–Kier alpha value is 0.277. The second-order valence-corrected chi connectivity index (χ2v) is 35.7. The second-order valence-electron chi connectivity index (χ2n) is 16.0. The molecule has 46 heavy (non-hydrogen) atoms. The summed E-state index contributed by atoms with van der Waals surface area (Å²) in [6.07, 6.45) is 49.2. The van der Waals surface area contributed by atoms with Crippen molar-refractivity contribution in [2.45, 2.75) is 216 Å². The number of carbonyl (C=O) groups is 2. The molecule has 6 heteroatoms. The molecule has 0 atom stereocenters. The van der Waals surface area contributed by atoms with Gasteiger partial charge in [0.1, 0.15) is 0 Å². The SMILES string of the molecule is C1CC[CH]([Sn+]([CH]2CCCCC2)[CH]2CCCCC2)CC1.C1CC[CH]([Sn+]([CH]2CCCCC2)[CH]2CCCCC2)CC1.O=C([O-])/C=C/C(=O)[O-]. The van der Waals surface area contributed by atoms with Crippen LogP contribution in [0.15, 0.2) is 12.2 Å². The van der Waals surface area contributed by atoms with Gasteiger partial charge in [-0.05, 0) is 12.2 Å². The topological polar surface area (TPSA) is 80.3 Å². The molecule has 6 rings (SSSR count). The van der Waals surface area contributed by atoms with Gasteiger partial charge in [-0.1, -0.05) is 0 Å². The van der Waals surface area contributed by atoms with E-state index in [1.54, 1.807) is 193 Å². The smallest absolute Gasteiger partial charge is 0.0643 e. The molecule has 0 amide bonds. The molecular formula is C40H68O4Sn2. The predicted octanol–water partition coefficient (Wildman–Crippen LogP) is 10.0. The number of hydrogen-bond acceptors (Lipinski definition) is 4. The first-order chi connectivity index (χ1) is 22.5. The fourth-order valence-corrected chi connectivity index (χ4v) is 40.6. The molecule has 0 aromatic rings. The van der Waals surface area contributed by atoms with Gasteiger partial charge in [0.25, 0.3) is 0 Å². The van der Waals surface area contributed by atoms with Gasteiger partial charge in [-0.25, -0.2) is 0 Å². The minimum absolute atomic E-state index is 0.384. The van der Waals surface area contributed by atoms with Crippen LogP contribution in [0.3, 0.4) is 0 Å². The van der Waals surface area contributed by atoms with Crippen molar-refractivity contribution in [3.63, 3.8) is 0 Å². The van der Waals surface area contributed by atoms with Crippen molar-refractivity contribution in [2.75, 3.05) is 0 Å². The molecule has 0 bridgehead atoms. The Kier molecular flexibility index (Phi) is 19.4. The monoisotopic (exact) mass is 852 g/mol. The average molecular weight is 850 g/mol. The van der Waals surface area contributed by atoms with Crippen LogP contribution < -0.4 is 10.2 Å². The second kappa shape index (κ2) is 22.9. The van der Waals surface area contributed by atoms with Crippen LogP contribution in [0.5, 0.6) is 0 Å². The quantitative estimate of drug-likeness (QED) is 0.180. The van der Waals surface area contributed by atoms with Gasteiger partial charge >= 0.3 is 256 Å². The van der Waals surface area contributed by atoms with Crippen molar-refractivity contribution < 1.29 is 19.8 Å². The molecule has 6 fully saturated rings. The Morgan fingerprint density at radius 1 is 0.326 bits per heavy atom. The number of rotatable bonds is 8. The average Bonchev–Trinajstić information content (AvgIpc) is 3.11. The molecule has 4 nitrogen and oxygen atoms in total. The van der Waals surface area contributed by atoms with E-state index >= 15 is 0 Å². The molecule has 0 aliphatic heterocycles. The van der Waals surface area contributed by atoms with E-state index in [-0.39, 0.29) is 0 Å². The molecule has 6 aliphatic rings. The Morgan fingerprint density at radius 2 is 0.478 bits per heavy atom. The first kappa shape index (κ1) is 39.1. The van der Waals surface area contributed by atoms with Crippen LogP contribution in [0.4, 0.5) is 0 Å². The van der Waals surface area contributed by atoms with Gasteiger partial charge in [0, 0.05) is 0 Å². The van der Waals surface area contributed by atoms with E-state index in [1.807, 2.05) is 0 Å². The first-order valence-electron chi connectivity index (χ1n) is 20.4. The summed E-state index contributed by atoms with van der Waals surface area (Å²) >= 11 is -2.30. The fourth-order valence-electron chi connectivity index (χ4n) is 10.8. The van der Waals surface area contributed by atoms with E-state index < -0.39 is 51.5 Å². The van der Waals surface area contributed by atoms with E-state index in [9.17, 15) is 19.8 Å². The summed E-state index contributed by atoms with van der Waals surface area (Å²) in [5.74, 6) is -3.09. The molecule has 0 N–H and O–H groups in total. The first-order valence-corrected chi connectivity index (χ1v) is 30.2. The number of hydrogen-bond donors (Lipinski definition) is 0. The maximum Gasteiger partial charge on any atom is 0.0643 e. The van der Waals surface area contributed by atoms with Gasteiger partial charge in [-0.2, -0.15) is 0 Å². The van der Waals surface area contributed by atoms with Crippen LogP contribution in [0.2, 0.25) is 23.6 Å². The van der Waals surface area contributed by atoms with Crippen molar-refractivity contribution in [3.05, 3.63) is 12.2 Å². The van der Waals surface area contributed by atoms with Gasteiger partial charge in [0.05, 0.1) is 11.9 Å². The summed E-state index contributed by atoms with van der Waals surface area (Å²) in [6.45, 7) is 0. The van der Waals surface area contributed by atoms with Gasteiger partial charge in [0.15, 0.2) is 0 Å². The van der Waals surface area contributed by atoms with Crippen LogP contribution in [0.25, 0.3) is 0 Å². The molecule has 0 aromatic carbocycles. The third-order valence-corrected chi connectivity index (χ3v) is 38.8. The van der Waals surface area contributed by atoms with Gasteiger partial charge < -0.3 is 19.8 Å². The van der Waals surface area contributed by atoms with Crippen molar-refractivity contribution in [2.24, 2.45) is 0 Å². The maximum atomic E-state index is 9.41. The van der Waals surface area contributed by atoms with Crippen molar-refractivity contribution in [1.29, 1.82) is 0 Å². The molecule has 0 heterocycles. The summed E-state index contributed by atoms with van der Waals surface area (Å²) in [4.78, 5) is 18.8. The molecule has 0 saturated heterocycles. The molecule has 6 saturated carbocycles. The van der Waals surface area contributed by atoms with Crippen molar-refractivity contribution in [3.8, 4) is 0 Å². The van der Waals surface area contributed by atoms with Gasteiger partial charge in [-0.3, -0.25) is 0 Å². The Balaban J connectivity index is 0.000000170. The van der Waals surface area contributed by atoms with E-state index in [0.717, 1.165) is 0 Å². The van der Waals surface area contributed by atoms with Crippen molar-refractivity contribution >= 4 is 51.5 Å².